The molecule has 0 aliphatic rings. The molecule has 3 nitrogen and oxygen atoms in total. The van der Waals surface area contributed by atoms with Crippen molar-refractivity contribution in [3.63, 3.8) is 0 Å². The van der Waals surface area contributed by atoms with E-state index in [-0.39, 0.29) is 4.90 Å². The predicted molar refractivity (Wildman–Crippen MR) is 50.0 cm³/mol. The van der Waals surface area contributed by atoms with Gasteiger partial charge in [0.2, 0.25) is 10.0 Å². The Morgan fingerprint density at radius 1 is 1.25 bits per heavy atom. The van der Waals surface area contributed by atoms with Gasteiger partial charge in [0.15, 0.2) is 0 Å². The van der Waals surface area contributed by atoms with E-state index in [4.69, 9.17) is 0 Å². The van der Waals surface area contributed by atoms with Gasteiger partial charge in [-0.15, -0.1) is 0 Å². The van der Waals surface area contributed by atoms with Gasteiger partial charge in [-0.3, -0.25) is 0 Å². The number of hydrogen-bond donors (Lipinski definition) is 1. The molecule has 0 aromatic heterocycles. The fourth-order valence-electron chi connectivity index (χ4n) is 0.726. The Bertz CT molecular complexity index is 336. The number of nitrogens with one attached hydrogen (secondary N) is 1. The third-order valence-corrected chi connectivity index (χ3v) is 3.11. The highest BCUT2D eigenvalue weighted by Gasteiger charge is 2.10. The lowest BCUT2D eigenvalue weighted by Gasteiger charge is -2.01. The van der Waals surface area contributed by atoms with E-state index < -0.39 is 10.0 Å². The molecular weight excluding hydrogens is 242 g/mol. The van der Waals surface area contributed by atoms with Crippen LogP contribution in [-0.2, 0) is 10.0 Å². The molecule has 0 unspecified atom stereocenters. The molecule has 0 atom stereocenters. The van der Waals surface area contributed by atoms with E-state index in [1.807, 2.05) is 0 Å². The average molecular weight is 249 g/mol. The normalized spacial score (nSPS) is 11.4. The van der Waals surface area contributed by atoms with Gasteiger partial charge in [-0.1, -0.05) is 34.1 Å². The van der Waals surface area contributed by atoms with Crippen molar-refractivity contribution in [2.75, 3.05) is 0 Å². The van der Waals surface area contributed by atoms with Gasteiger partial charge in [0.25, 0.3) is 0 Å². The van der Waals surface area contributed by atoms with Crippen LogP contribution in [0.15, 0.2) is 35.2 Å². The maximum atomic E-state index is 11.3. The van der Waals surface area contributed by atoms with Gasteiger partial charge in [0, 0.05) is 0 Å². The van der Waals surface area contributed by atoms with E-state index in [0.717, 1.165) is 0 Å². The third kappa shape index (κ3) is 2.30. The number of hydrogen-bond acceptors (Lipinski definition) is 2. The summed E-state index contributed by atoms with van der Waals surface area (Å²) in [6, 6.07) is 8.15. The van der Waals surface area contributed by atoms with Crippen LogP contribution < -0.4 is 4.72 Å². The molecule has 1 N–H and O–H groups in total. The molecule has 0 aliphatic heterocycles. The second-order valence-corrected chi connectivity index (χ2v) is 4.22. The Balaban J connectivity index is 2.99. The van der Waals surface area contributed by atoms with Crippen molar-refractivity contribution in [3.05, 3.63) is 35.8 Å². The summed E-state index contributed by atoms with van der Waals surface area (Å²) in [7, 11) is -3.36. The van der Waals surface area contributed by atoms with Gasteiger partial charge >= 0.3 is 0 Å². The molecule has 5 heteroatoms. The zero-order chi connectivity index (χ0) is 9.03. The van der Waals surface area contributed by atoms with Gasteiger partial charge in [-0.2, -0.15) is 4.72 Å². The predicted octanol–water partition coefficient (Wildman–Crippen LogP) is 1.48. The lowest BCUT2D eigenvalue weighted by atomic mass is 10.4. The van der Waals surface area contributed by atoms with Crippen LogP contribution in [0.1, 0.15) is 0 Å². The summed E-state index contributed by atoms with van der Waals surface area (Å²) in [4.78, 5) is 0.251. The second-order valence-electron chi connectivity index (χ2n) is 2.04. The van der Waals surface area contributed by atoms with Gasteiger partial charge in [-0.25, -0.2) is 8.42 Å². The molecule has 0 saturated heterocycles. The molecular formula is C7H7BrNO2S. The average Bonchev–Trinajstić information content (AvgIpc) is 2.06. The Hall–Kier alpha value is -0.390. The van der Waals surface area contributed by atoms with Crippen molar-refractivity contribution in [1.82, 2.24) is 4.72 Å². The third-order valence-electron chi connectivity index (χ3n) is 1.25. The van der Waals surface area contributed by atoms with Crippen LogP contribution in [0, 0.1) is 5.45 Å². The first-order valence-electron chi connectivity index (χ1n) is 3.16. The minimum atomic E-state index is -3.36. The van der Waals surface area contributed by atoms with Crippen LogP contribution in [0.3, 0.4) is 0 Å². The number of rotatable bonds is 3. The van der Waals surface area contributed by atoms with Gasteiger partial charge in [0.05, 0.1) is 4.90 Å². The standard InChI is InChI=1S/C7H7BrNO2S/c8-6-9-12(10,11)7-4-2-1-3-5-7/h1-6,9H. The number of sulfonamides is 1. The summed E-state index contributed by atoms with van der Waals surface area (Å²) in [5.74, 6) is 0. The first-order valence-corrected chi connectivity index (χ1v) is 5.56. The zero-order valence-corrected chi connectivity index (χ0v) is 8.47. The van der Waals surface area contributed by atoms with Crippen molar-refractivity contribution in [2.45, 2.75) is 4.90 Å². The van der Waals surface area contributed by atoms with Crippen molar-refractivity contribution in [2.24, 2.45) is 0 Å². The molecule has 65 valence electrons. The lowest BCUT2D eigenvalue weighted by Crippen LogP contribution is -2.18. The minimum Gasteiger partial charge on any atom is -0.207 e. The fraction of sp³-hybridized carbons (Fsp3) is 0. The van der Waals surface area contributed by atoms with Crippen molar-refractivity contribution < 1.29 is 8.42 Å². The number of benzene rings is 1. The molecule has 1 aromatic rings. The molecule has 0 saturated carbocycles. The minimum absolute atomic E-state index is 0.251. The molecule has 0 fully saturated rings. The maximum Gasteiger partial charge on any atom is 0.241 e. The van der Waals surface area contributed by atoms with E-state index in [9.17, 15) is 8.42 Å². The molecule has 0 bridgehead atoms. The molecule has 0 heterocycles. The number of halogens is 1. The molecule has 1 radical (unpaired) electrons. The SMILES string of the molecule is O=S(=O)(N[CH]Br)c1ccccc1. The van der Waals surface area contributed by atoms with Gasteiger partial charge in [0.1, 0.15) is 5.45 Å². The molecule has 0 amide bonds. The summed E-state index contributed by atoms with van der Waals surface area (Å²) in [5.41, 5.74) is 1.20. The molecule has 1 rings (SSSR count). The first kappa shape index (κ1) is 9.70. The van der Waals surface area contributed by atoms with Crippen LogP contribution in [0.25, 0.3) is 0 Å². The largest absolute Gasteiger partial charge is 0.241 e. The van der Waals surface area contributed by atoms with Crippen molar-refractivity contribution >= 4 is 26.0 Å². The lowest BCUT2D eigenvalue weighted by molar-refractivity contribution is 0.590. The van der Waals surface area contributed by atoms with E-state index >= 15 is 0 Å². The van der Waals surface area contributed by atoms with E-state index in [2.05, 4.69) is 20.7 Å². The summed E-state index contributed by atoms with van der Waals surface area (Å²) in [6.45, 7) is 0. The van der Waals surface area contributed by atoms with Gasteiger partial charge in [-0.05, 0) is 12.1 Å². The highest BCUT2D eigenvalue weighted by atomic mass is 79.9. The highest BCUT2D eigenvalue weighted by Crippen LogP contribution is 2.07. The maximum absolute atomic E-state index is 11.3. The van der Waals surface area contributed by atoms with Crippen LogP contribution in [-0.4, -0.2) is 8.42 Å². The quantitative estimate of drug-likeness (QED) is 0.824. The van der Waals surface area contributed by atoms with Crippen molar-refractivity contribution in [1.29, 1.82) is 0 Å². The van der Waals surface area contributed by atoms with Crippen LogP contribution in [0.5, 0.6) is 0 Å². The summed E-state index contributed by atoms with van der Waals surface area (Å²) >= 11 is 2.87. The van der Waals surface area contributed by atoms with E-state index in [0.29, 0.717) is 0 Å². The summed E-state index contributed by atoms with van der Waals surface area (Å²) < 4.78 is 24.7. The van der Waals surface area contributed by atoms with E-state index in [1.165, 1.54) is 17.6 Å². The van der Waals surface area contributed by atoms with Crippen LogP contribution >= 0.6 is 15.9 Å². The van der Waals surface area contributed by atoms with Crippen LogP contribution in [0.4, 0.5) is 0 Å². The Morgan fingerprint density at radius 2 is 1.83 bits per heavy atom. The van der Waals surface area contributed by atoms with Crippen LogP contribution in [0.2, 0.25) is 0 Å². The smallest absolute Gasteiger partial charge is 0.207 e. The molecule has 0 aliphatic carbocycles. The molecule has 0 spiro atoms. The Morgan fingerprint density at radius 3 is 2.33 bits per heavy atom. The Kier molecular flexibility index (Phi) is 3.25. The summed E-state index contributed by atoms with van der Waals surface area (Å²) in [6.07, 6.45) is 0. The fourth-order valence-corrected chi connectivity index (χ4v) is 2.23. The monoisotopic (exact) mass is 248 g/mol. The summed E-state index contributed by atoms with van der Waals surface area (Å²) in [5, 5.41) is 0. The molecule has 1 aromatic carbocycles. The van der Waals surface area contributed by atoms with Crippen molar-refractivity contribution in [3.8, 4) is 0 Å². The second kappa shape index (κ2) is 4.02. The Labute approximate surface area is 80.0 Å². The topological polar surface area (TPSA) is 46.2 Å². The van der Waals surface area contributed by atoms with Gasteiger partial charge < -0.3 is 0 Å². The first-order chi connectivity index (χ1) is 5.67. The molecule has 12 heavy (non-hydrogen) atoms. The zero-order valence-electron chi connectivity index (χ0n) is 6.07. The highest BCUT2D eigenvalue weighted by molar-refractivity contribution is 9.10. The van der Waals surface area contributed by atoms with E-state index in [1.54, 1.807) is 18.2 Å².